The van der Waals surface area contributed by atoms with Crippen LogP contribution in [0, 0.1) is 0 Å². The molecule has 4 nitrogen and oxygen atoms in total. The second-order valence-corrected chi connectivity index (χ2v) is 4.78. The van der Waals surface area contributed by atoms with E-state index in [4.69, 9.17) is 4.74 Å². The number of benzene rings is 1. The van der Waals surface area contributed by atoms with E-state index in [-0.39, 0.29) is 0 Å². The summed E-state index contributed by atoms with van der Waals surface area (Å²) < 4.78 is 5.72. The van der Waals surface area contributed by atoms with Crippen LogP contribution in [0.5, 0.6) is 5.75 Å². The van der Waals surface area contributed by atoms with Crippen LogP contribution in [0.3, 0.4) is 0 Å². The van der Waals surface area contributed by atoms with E-state index in [2.05, 4.69) is 15.3 Å². The lowest BCUT2D eigenvalue weighted by atomic mass is 10.1. The smallest absolute Gasteiger partial charge is 0.139 e. The number of ether oxygens (including phenoxy) is 1. The van der Waals surface area contributed by atoms with Gasteiger partial charge in [-0.05, 0) is 36.4 Å². The van der Waals surface area contributed by atoms with Gasteiger partial charge in [0.25, 0.3) is 0 Å². The van der Waals surface area contributed by atoms with Gasteiger partial charge < -0.3 is 4.74 Å². The van der Waals surface area contributed by atoms with Crippen molar-refractivity contribution >= 4 is 0 Å². The Balaban J connectivity index is 1.55. The zero-order valence-electron chi connectivity index (χ0n) is 12.1. The van der Waals surface area contributed by atoms with Crippen molar-refractivity contribution < 1.29 is 4.74 Å². The van der Waals surface area contributed by atoms with E-state index in [1.165, 1.54) is 0 Å². The average Bonchev–Trinajstić information content (AvgIpc) is 2.61. The molecular formula is C18H17N3O. The molecule has 0 aliphatic heterocycles. The molecule has 0 fully saturated rings. The molecule has 0 saturated heterocycles. The molecule has 0 bridgehead atoms. The summed E-state index contributed by atoms with van der Waals surface area (Å²) in [6.45, 7) is 1.11. The minimum absolute atomic E-state index is 0.433. The van der Waals surface area contributed by atoms with Gasteiger partial charge in [-0.1, -0.05) is 24.3 Å². The van der Waals surface area contributed by atoms with Gasteiger partial charge in [0, 0.05) is 24.5 Å². The van der Waals surface area contributed by atoms with Crippen molar-refractivity contribution in [2.24, 2.45) is 0 Å². The van der Waals surface area contributed by atoms with Gasteiger partial charge in [-0.15, -0.1) is 0 Å². The van der Waals surface area contributed by atoms with Gasteiger partial charge in [0.15, 0.2) is 0 Å². The Morgan fingerprint density at radius 1 is 0.864 bits per heavy atom. The summed E-state index contributed by atoms with van der Waals surface area (Å²) in [7, 11) is 0. The number of rotatable bonds is 6. The molecule has 0 saturated carbocycles. The first-order chi connectivity index (χ1) is 10.9. The van der Waals surface area contributed by atoms with Crippen LogP contribution in [0.4, 0.5) is 0 Å². The van der Waals surface area contributed by atoms with E-state index < -0.39 is 0 Å². The summed E-state index contributed by atoms with van der Waals surface area (Å²) in [6.07, 6.45) is 3.57. The van der Waals surface area contributed by atoms with Crippen molar-refractivity contribution in [3.8, 4) is 17.0 Å². The zero-order valence-corrected chi connectivity index (χ0v) is 12.1. The highest BCUT2D eigenvalue weighted by atomic mass is 16.5. The third-order valence-corrected chi connectivity index (χ3v) is 3.17. The molecule has 0 spiro atoms. The molecule has 110 valence electrons. The Kier molecular flexibility index (Phi) is 4.74. The Morgan fingerprint density at radius 2 is 1.73 bits per heavy atom. The van der Waals surface area contributed by atoms with Crippen molar-refractivity contribution in [3.05, 3.63) is 78.8 Å². The van der Waals surface area contributed by atoms with Crippen LogP contribution in [-0.4, -0.2) is 16.7 Å². The molecule has 0 unspecified atom stereocenters. The molecule has 1 aromatic carbocycles. The first-order valence-electron chi connectivity index (χ1n) is 7.17. The Morgan fingerprint density at radius 3 is 2.50 bits per heavy atom. The topological polar surface area (TPSA) is 47.0 Å². The van der Waals surface area contributed by atoms with Crippen molar-refractivity contribution in [1.29, 1.82) is 0 Å². The molecule has 2 heterocycles. The lowest BCUT2D eigenvalue weighted by Crippen LogP contribution is -2.20. The molecule has 3 aromatic rings. The van der Waals surface area contributed by atoms with E-state index in [0.717, 1.165) is 22.7 Å². The lowest BCUT2D eigenvalue weighted by molar-refractivity contribution is 0.281. The van der Waals surface area contributed by atoms with Crippen LogP contribution >= 0.6 is 0 Å². The summed E-state index contributed by atoms with van der Waals surface area (Å²) in [6, 6.07) is 19.7. The fourth-order valence-electron chi connectivity index (χ4n) is 2.09. The second kappa shape index (κ2) is 7.33. The van der Waals surface area contributed by atoms with E-state index in [9.17, 15) is 0 Å². The number of aromatic nitrogens is 2. The molecular weight excluding hydrogens is 274 g/mol. The van der Waals surface area contributed by atoms with Crippen LogP contribution < -0.4 is 10.1 Å². The number of hydrogen-bond acceptors (Lipinski definition) is 4. The maximum atomic E-state index is 5.72. The predicted octanol–water partition coefficient (Wildman–Crippen LogP) is 3.27. The number of pyridine rings is 2. The molecule has 0 aliphatic rings. The minimum atomic E-state index is 0.433. The van der Waals surface area contributed by atoms with Gasteiger partial charge in [-0.3, -0.25) is 15.3 Å². The zero-order chi connectivity index (χ0) is 15.0. The number of nitrogens with zero attached hydrogens (tertiary/aromatic N) is 2. The third-order valence-electron chi connectivity index (χ3n) is 3.17. The highest BCUT2D eigenvalue weighted by molar-refractivity contribution is 5.60. The average molecular weight is 291 g/mol. The Hall–Kier alpha value is -2.72. The molecule has 1 N–H and O–H groups in total. The second-order valence-electron chi connectivity index (χ2n) is 4.78. The van der Waals surface area contributed by atoms with Gasteiger partial charge in [-0.2, -0.15) is 0 Å². The third kappa shape index (κ3) is 3.90. The fraction of sp³-hybridized carbons (Fsp3) is 0.111. The van der Waals surface area contributed by atoms with Crippen molar-refractivity contribution in [1.82, 2.24) is 15.3 Å². The SMILES string of the molecule is c1ccc(CNCOc2cccc(-c3ccccn3)c2)nc1. The molecule has 0 amide bonds. The molecule has 4 heteroatoms. The predicted molar refractivity (Wildman–Crippen MR) is 86.2 cm³/mol. The fourth-order valence-corrected chi connectivity index (χ4v) is 2.09. The van der Waals surface area contributed by atoms with Gasteiger partial charge in [0.05, 0.1) is 11.4 Å². The van der Waals surface area contributed by atoms with E-state index >= 15 is 0 Å². The summed E-state index contributed by atoms with van der Waals surface area (Å²) in [5.74, 6) is 0.816. The molecule has 0 atom stereocenters. The standard InChI is InChI=1S/C18H17N3O/c1-3-10-20-16(7-1)13-19-14-22-17-8-5-6-15(12-17)18-9-2-4-11-21-18/h1-12,19H,13-14H2. The Bertz CT molecular complexity index is 702. The van der Waals surface area contributed by atoms with E-state index in [0.29, 0.717) is 13.3 Å². The number of nitrogens with one attached hydrogen (secondary N) is 1. The normalized spacial score (nSPS) is 10.4. The van der Waals surface area contributed by atoms with Gasteiger partial charge in [-0.25, -0.2) is 0 Å². The van der Waals surface area contributed by atoms with Gasteiger partial charge in [0.1, 0.15) is 12.5 Å². The molecule has 2 aromatic heterocycles. The number of hydrogen-bond donors (Lipinski definition) is 1. The Labute approximate surface area is 129 Å². The van der Waals surface area contributed by atoms with Crippen LogP contribution in [0.2, 0.25) is 0 Å². The van der Waals surface area contributed by atoms with Crippen LogP contribution in [0.15, 0.2) is 73.1 Å². The van der Waals surface area contributed by atoms with E-state index in [1.54, 1.807) is 12.4 Å². The van der Waals surface area contributed by atoms with Crippen LogP contribution in [-0.2, 0) is 6.54 Å². The van der Waals surface area contributed by atoms with Crippen molar-refractivity contribution in [3.63, 3.8) is 0 Å². The van der Waals surface area contributed by atoms with Gasteiger partial charge >= 0.3 is 0 Å². The van der Waals surface area contributed by atoms with Crippen molar-refractivity contribution in [2.75, 3.05) is 6.73 Å². The summed E-state index contributed by atoms with van der Waals surface area (Å²) in [5.41, 5.74) is 2.98. The first kappa shape index (κ1) is 14.2. The molecule has 3 rings (SSSR count). The quantitative estimate of drug-likeness (QED) is 0.559. The summed E-state index contributed by atoms with van der Waals surface area (Å²) in [4.78, 5) is 8.60. The monoisotopic (exact) mass is 291 g/mol. The van der Waals surface area contributed by atoms with Crippen molar-refractivity contribution in [2.45, 2.75) is 6.54 Å². The highest BCUT2D eigenvalue weighted by Gasteiger charge is 2.00. The molecule has 22 heavy (non-hydrogen) atoms. The summed E-state index contributed by atoms with van der Waals surface area (Å²) >= 11 is 0. The van der Waals surface area contributed by atoms with E-state index in [1.807, 2.05) is 60.7 Å². The lowest BCUT2D eigenvalue weighted by Gasteiger charge is -2.09. The summed E-state index contributed by atoms with van der Waals surface area (Å²) in [5, 5.41) is 3.21. The van der Waals surface area contributed by atoms with Crippen LogP contribution in [0.25, 0.3) is 11.3 Å². The maximum absolute atomic E-state index is 5.72. The highest BCUT2D eigenvalue weighted by Crippen LogP contribution is 2.21. The van der Waals surface area contributed by atoms with Crippen LogP contribution in [0.1, 0.15) is 5.69 Å². The largest absolute Gasteiger partial charge is 0.478 e. The molecule has 0 radical (unpaired) electrons. The first-order valence-corrected chi connectivity index (χ1v) is 7.17. The molecule has 0 aliphatic carbocycles. The van der Waals surface area contributed by atoms with Gasteiger partial charge in [0.2, 0.25) is 0 Å². The maximum Gasteiger partial charge on any atom is 0.139 e. The minimum Gasteiger partial charge on any atom is -0.478 e.